The monoisotopic (exact) mass is 423 g/mol. The zero-order chi connectivity index (χ0) is 20.1. The summed E-state index contributed by atoms with van der Waals surface area (Å²) in [4.78, 5) is 2.67. The first-order valence-electron chi connectivity index (χ1n) is 10.5. The molecule has 1 aliphatic heterocycles. The van der Waals surface area contributed by atoms with Crippen LogP contribution in [0.25, 0.3) is 0 Å². The van der Waals surface area contributed by atoms with E-state index >= 15 is 0 Å². The summed E-state index contributed by atoms with van der Waals surface area (Å²) in [5.41, 5.74) is 3.93. The lowest BCUT2D eigenvalue weighted by molar-refractivity contribution is 0.129. The predicted octanol–water partition coefficient (Wildman–Crippen LogP) is 7.57. The van der Waals surface area contributed by atoms with Crippen molar-refractivity contribution in [2.45, 2.75) is 44.2 Å². The van der Waals surface area contributed by atoms with Crippen LogP contribution >= 0.6 is 23.2 Å². The van der Waals surface area contributed by atoms with E-state index in [4.69, 9.17) is 23.2 Å². The Labute approximate surface area is 184 Å². The third kappa shape index (κ3) is 5.42. The Bertz CT molecular complexity index is 879. The molecule has 3 aromatic rings. The highest BCUT2D eigenvalue weighted by Gasteiger charge is 2.27. The molecule has 3 heteroatoms. The quantitative estimate of drug-likeness (QED) is 0.394. The molecule has 3 aromatic carbocycles. The van der Waals surface area contributed by atoms with E-state index in [2.05, 4.69) is 71.6 Å². The second-order valence-corrected chi connectivity index (χ2v) is 8.88. The van der Waals surface area contributed by atoms with E-state index in [1.54, 1.807) is 0 Å². The number of nitrogens with zero attached hydrogens (tertiary/aromatic N) is 1. The molecule has 1 atom stereocenters. The summed E-state index contributed by atoms with van der Waals surface area (Å²) in [6, 6.07) is 28.0. The summed E-state index contributed by atoms with van der Waals surface area (Å²) in [7, 11) is 0. The molecule has 0 aromatic heterocycles. The molecule has 1 nitrogen and oxygen atoms in total. The molecule has 4 rings (SSSR count). The van der Waals surface area contributed by atoms with Crippen molar-refractivity contribution in [3.8, 4) is 0 Å². The molecule has 0 N–H and O–H groups in total. The molecule has 1 saturated heterocycles. The van der Waals surface area contributed by atoms with Crippen LogP contribution in [0.15, 0.2) is 78.9 Å². The van der Waals surface area contributed by atoms with Crippen LogP contribution in [0, 0.1) is 0 Å². The maximum Gasteiger partial charge on any atom is 0.0408 e. The fraction of sp³-hybridized carbons (Fsp3) is 0.308. The number of piperidine rings is 1. The zero-order valence-corrected chi connectivity index (χ0v) is 18.1. The molecule has 0 bridgehead atoms. The van der Waals surface area contributed by atoms with Gasteiger partial charge in [0, 0.05) is 28.5 Å². The van der Waals surface area contributed by atoms with E-state index in [0.29, 0.717) is 6.04 Å². The second-order valence-electron chi connectivity index (χ2n) is 8.00. The molecule has 0 amide bonds. The lowest BCUT2D eigenvalue weighted by Gasteiger charge is -2.38. The minimum Gasteiger partial charge on any atom is -0.296 e. The van der Waals surface area contributed by atoms with E-state index in [0.717, 1.165) is 29.6 Å². The smallest absolute Gasteiger partial charge is 0.0408 e. The Morgan fingerprint density at radius 1 is 0.793 bits per heavy atom. The SMILES string of the molecule is Clc1cccc(C(CC2CCCCN2Cc2ccccc2)c2cccc(Cl)c2)c1. The molecule has 0 saturated carbocycles. The average Bonchev–Trinajstić information content (AvgIpc) is 2.74. The van der Waals surface area contributed by atoms with Crippen LogP contribution in [0.4, 0.5) is 0 Å². The Kier molecular flexibility index (Phi) is 6.92. The summed E-state index contributed by atoms with van der Waals surface area (Å²) in [5.74, 6) is 0.286. The van der Waals surface area contributed by atoms with Gasteiger partial charge in [-0.05, 0) is 66.8 Å². The molecule has 0 spiro atoms. The van der Waals surface area contributed by atoms with Gasteiger partial charge in [0.2, 0.25) is 0 Å². The largest absolute Gasteiger partial charge is 0.296 e. The second kappa shape index (κ2) is 9.80. The van der Waals surface area contributed by atoms with Crippen molar-refractivity contribution in [2.75, 3.05) is 6.54 Å². The minimum atomic E-state index is 0.286. The standard InChI is InChI=1S/C26H27Cl2N/c27-23-12-6-10-21(16-23)26(22-11-7-13-24(28)17-22)18-25-14-4-5-15-29(25)19-20-8-2-1-3-9-20/h1-3,6-13,16-17,25-26H,4-5,14-15,18-19H2. The number of hydrogen-bond donors (Lipinski definition) is 0. The van der Waals surface area contributed by atoms with Crippen molar-refractivity contribution in [3.63, 3.8) is 0 Å². The fourth-order valence-electron chi connectivity index (χ4n) is 4.54. The van der Waals surface area contributed by atoms with Crippen molar-refractivity contribution >= 4 is 23.2 Å². The van der Waals surface area contributed by atoms with E-state index in [1.807, 2.05) is 12.1 Å². The van der Waals surface area contributed by atoms with Gasteiger partial charge in [0.25, 0.3) is 0 Å². The molecule has 1 fully saturated rings. The van der Waals surface area contributed by atoms with Gasteiger partial charge in [-0.2, -0.15) is 0 Å². The van der Waals surface area contributed by atoms with Crippen LogP contribution < -0.4 is 0 Å². The van der Waals surface area contributed by atoms with E-state index in [9.17, 15) is 0 Å². The van der Waals surface area contributed by atoms with Crippen LogP contribution in [-0.2, 0) is 6.54 Å². The van der Waals surface area contributed by atoms with Crippen molar-refractivity contribution in [1.82, 2.24) is 4.90 Å². The third-order valence-corrected chi connectivity index (χ3v) is 6.46. The van der Waals surface area contributed by atoms with Gasteiger partial charge >= 0.3 is 0 Å². The van der Waals surface area contributed by atoms with Gasteiger partial charge in [-0.25, -0.2) is 0 Å². The first-order chi connectivity index (χ1) is 14.2. The van der Waals surface area contributed by atoms with Gasteiger partial charge in [0.15, 0.2) is 0 Å². The average molecular weight is 424 g/mol. The fourth-order valence-corrected chi connectivity index (χ4v) is 4.93. The molecule has 1 heterocycles. The summed E-state index contributed by atoms with van der Waals surface area (Å²) in [5, 5.41) is 1.58. The van der Waals surface area contributed by atoms with Crippen LogP contribution in [-0.4, -0.2) is 17.5 Å². The molecule has 0 radical (unpaired) electrons. The Balaban J connectivity index is 1.61. The third-order valence-electron chi connectivity index (χ3n) is 5.99. The van der Waals surface area contributed by atoms with E-state index in [1.165, 1.54) is 36.0 Å². The molecule has 1 unspecified atom stereocenters. The van der Waals surface area contributed by atoms with Crippen molar-refractivity contribution < 1.29 is 0 Å². The molecular weight excluding hydrogens is 397 g/mol. The predicted molar refractivity (Wildman–Crippen MR) is 124 cm³/mol. The van der Waals surface area contributed by atoms with Crippen molar-refractivity contribution in [2.24, 2.45) is 0 Å². The minimum absolute atomic E-state index is 0.286. The topological polar surface area (TPSA) is 3.24 Å². The first kappa shape index (κ1) is 20.5. The summed E-state index contributed by atoms with van der Waals surface area (Å²) in [6.45, 7) is 2.18. The number of halogens is 2. The Morgan fingerprint density at radius 3 is 2.07 bits per heavy atom. The van der Waals surface area contributed by atoms with Gasteiger partial charge < -0.3 is 0 Å². The highest BCUT2D eigenvalue weighted by molar-refractivity contribution is 6.31. The Hall–Kier alpha value is -1.80. The maximum absolute atomic E-state index is 6.35. The van der Waals surface area contributed by atoms with Crippen molar-refractivity contribution in [1.29, 1.82) is 0 Å². The lowest BCUT2D eigenvalue weighted by Crippen LogP contribution is -2.40. The summed E-state index contributed by atoms with van der Waals surface area (Å²) in [6.07, 6.45) is 4.90. The molecular formula is C26H27Cl2N. The van der Waals surface area contributed by atoms with Gasteiger partial charge in [-0.15, -0.1) is 0 Å². The van der Waals surface area contributed by atoms with E-state index in [-0.39, 0.29) is 5.92 Å². The molecule has 29 heavy (non-hydrogen) atoms. The van der Waals surface area contributed by atoms with Gasteiger partial charge in [0.1, 0.15) is 0 Å². The summed E-state index contributed by atoms with van der Waals surface area (Å²) >= 11 is 12.7. The van der Waals surface area contributed by atoms with Crippen LogP contribution in [0.5, 0.6) is 0 Å². The molecule has 1 aliphatic rings. The zero-order valence-electron chi connectivity index (χ0n) is 16.6. The number of hydrogen-bond acceptors (Lipinski definition) is 1. The highest BCUT2D eigenvalue weighted by atomic mass is 35.5. The number of likely N-dealkylation sites (tertiary alicyclic amines) is 1. The highest BCUT2D eigenvalue weighted by Crippen LogP contribution is 2.35. The first-order valence-corrected chi connectivity index (χ1v) is 11.2. The number of rotatable bonds is 6. The van der Waals surface area contributed by atoms with Crippen LogP contribution in [0.2, 0.25) is 10.0 Å². The molecule has 150 valence electrons. The maximum atomic E-state index is 6.35. The van der Waals surface area contributed by atoms with Crippen LogP contribution in [0.3, 0.4) is 0 Å². The van der Waals surface area contributed by atoms with Gasteiger partial charge in [-0.3, -0.25) is 4.90 Å². The molecule has 0 aliphatic carbocycles. The van der Waals surface area contributed by atoms with Crippen molar-refractivity contribution in [3.05, 3.63) is 106 Å². The Morgan fingerprint density at radius 2 is 1.45 bits per heavy atom. The van der Waals surface area contributed by atoms with E-state index < -0.39 is 0 Å². The van der Waals surface area contributed by atoms with Crippen LogP contribution in [0.1, 0.15) is 48.3 Å². The summed E-state index contributed by atoms with van der Waals surface area (Å²) < 4.78 is 0. The van der Waals surface area contributed by atoms with Gasteiger partial charge in [0.05, 0.1) is 0 Å². The van der Waals surface area contributed by atoms with Gasteiger partial charge in [-0.1, -0.05) is 84.2 Å². The number of benzene rings is 3. The normalized spacial score (nSPS) is 17.6. The lowest BCUT2D eigenvalue weighted by atomic mass is 9.83.